The number of rotatable bonds is 7. The molecular formula is C14H21FN2O2S. The van der Waals surface area contributed by atoms with E-state index in [1.807, 2.05) is 0 Å². The van der Waals surface area contributed by atoms with E-state index >= 15 is 0 Å². The lowest BCUT2D eigenvalue weighted by atomic mass is 10.2. The number of hydrogen-bond donors (Lipinski definition) is 1. The molecule has 112 valence electrons. The molecule has 0 amide bonds. The molecule has 0 aliphatic heterocycles. The number of nitrogens with one attached hydrogen (secondary N) is 1. The lowest BCUT2D eigenvalue weighted by Crippen LogP contribution is -2.29. The van der Waals surface area contributed by atoms with Crippen molar-refractivity contribution in [3.05, 3.63) is 29.6 Å². The Morgan fingerprint density at radius 3 is 2.70 bits per heavy atom. The largest absolute Gasteiger partial charge is 0.313 e. The van der Waals surface area contributed by atoms with E-state index in [-0.39, 0.29) is 10.9 Å². The number of sulfonamides is 1. The number of nitrogens with zero attached hydrogens (tertiary/aromatic N) is 1. The summed E-state index contributed by atoms with van der Waals surface area (Å²) in [4.78, 5) is -0.220. The molecule has 0 aromatic heterocycles. The molecule has 0 radical (unpaired) electrons. The molecule has 2 rings (SSSR count). The van der Waals surface area contributed by atoms with Gasteiger partial charge < -0.3 is 5.32 Å². The van der Waals surface area contributed by atoms with E-state index in [0.717, 1.165) is 31.4 Å². The number of hydrogen-bond acceptors (Lipinski definition) is 3. The van der Waals surface area contributed by atoms with Crippen molar-refractivity contribution in [2.45, 2.75) is 43.7 Å². The summed E-state index contributed by atoms with van der Waals surface area (Å²) in [5.74, 6) is -0.684. The summed E-state index contributed by atoms with van der Waals surface area (Å²) < 4.78 is 39.9. The molecule has 1 aliphatic carbocycles. The summed E-state index contributed by atoms with van der Waals surface area (Å²) in [5.41, 5.74) is 0.780. The molecule has 0 saturated heterocycles. The van der Waals surface area contributed by atoms with Crippen LogP contribution in [0.25, 0.3) is 0 Å². The van der Waals surface area contributed by atoms with E-state index in [2.05, 4.69) is 12.2 Å². The second-order valence-electron chi connectivity index (χ2n) is 5.19. The summed E-state index contributed by atoms with van der Waals surface area (Å²) in [6, 6.07) is 4.32. The lowest BCUT2D eigenvalue weighted by molar-refractivity contribution is 0.457. The first-order chi connectivity index (χ1) is 9.46. The van der Waals surface area contributed by atoms with Crippen molar-refractivity contribution in [3.8, 4) is 0 Å². The topological polar surface area (TPSA) is 49.4 Å². The first-order valence-corrected chi connectivity index (χ1v) is 8.38. The van der Waals surface area contributed by atoms with E-state index in [9.17, 15) is 12.8 Å². The Morgan fingerprint density at radius 2 is 2.10 bits per heavy atom. The Morgan fingerprint density at radius 1 is 1.40 bits per heavy atom. The van der Waals surface area contributed by atoms with Gasteiger partial charge in [0.2, 0.25) is 10.0 Å². The maximum Gasteiger partial charge on any atom is 0.245 e. The van der Waals surface area contributed by atoms with Crippen molar-refractivity contribution in [2.75, 3.05) is 13.6 Å². The summed E-state index contributed by atoms with van der Waals surface area (Å²) in [5, 5.41) is 3.18. The molecule has 0 atom stereocenters. The Labute approximate surface area is 120 Å². The van der Waals surface area contributed by atoms with Gasteiger partial charge in [-0.1, -0.05) is 13.0 Å². The average Bonchev–Trinajstić information content (AvgIpc) is 3.24. The van der Waals surface area contributed by atoms with Gasteiger partial charge in [-0.2, -0.15) is 4.31 Å². The molecule has 0 unspecified atom stereocenters. The summed E-state index contributed by atoms with van der Waals surface area (Å²) >= 11 is 0. The van der Waals surface area contributed by atoms with Crippen LogP contribution in [0.5, 0.6) is 0 Å². The van der Waals surface area contributed by atoms with Crippen molar-refractivity contribution in [2.24, 2.45) is 0 Å². The highest BCUT2D eigenvalue weighted by Crippen LogP contribution is 2.31. The molecule has 4 nitrogen and oxygen atoms in total. The van der Waals surface area contributed by atoms with Crippen LogP contribution in [-0.2, 0) is 16.6 Å². The smallest absolute Gasteiger partial charge is 0.245 e. The highest BCUT2D eigenvalue weighted by Gasteiger charge is 2.36. The standard InChI is InChI=1S/C14H21FN2O2S/c1-3-8-16-10-11-4-7-13(15)14(9-11)20(18,19)17(2)12-5-6-12/h4,7,9,12,16H,3,5-6,8,10H2,1-2H3. The monoisotopic (exact) mass is 300 g/mol. The average molecular weight is 300 g/mol. The van der Waals surface area contributed by atoms with Crippen LogP contribution in [0.1, 0.15) is 31.7 Å². The number of benzene rings is 1. The highest BCUT2D eigenvalue weighted by molar-refractivity contribution is 7.89. The van der Waals surface area contributed by atoms with Gasteiger partial charge in [0.1, 0.15) is 10.7 Å². The Hall–Kier alpha value is -0.980. The maximum absolute atomic E-state index is 13.9. The van der Waals surface area contributed by atoms with Crippen LogP contribution in [0, 0.1) is 5.82 Å². The first-order valence-electron chi connectivity index (χ1n) is 6.94. The molecule has 0 spiro atoms. The molecule has 1 saturated carbocycles. The Balaban J connectivity index is 2.23. The number of halogens is 1. The zero-order chi connectivity index (χ0) is 14.8. The van der Waals surface area contributed by atoms with E-state index < -0.39 is 15.8 Å². The molecule has 6 heteroatoms. The van der Waals surface area contributed by atoms with Gasteiger partial charge in [0, 0.05) is 19.6 Å². The van der Waals surface area contributed by atoms with Crippen molar-refractivity contribution in [1.29, 1.82) is 0 Å². The van der Waals surface area contributed by atoms with Crippen LogP contribution in [0.2, 0.25) is 0 Å². The summed E-state index contributed by atoms with van der Waals surface area (Å²) in [7, 11) is -2.21. The normalized spacial score (nSPS) is 15.8. The summed E-state index contributed by atoms with van der Waals surface area (Å²) in [6.45, 7) is 3.45. The predicted octanol–water partition coefficient (Wildman–Crippen LogP) is 2.11. The SMILES string of the molecule is CCCNCc1ccc(F)c(S(=O)(=O)N(C)C2CC2)c1. The highest BCUT2D eigenvalue weighted by atomic mass is 32.2. The fourth-order valence-electron chi connectivity index (χ4n) is 2.05. The minimum atomic E-state index is -3.73. The fraction of sp³-hybridized carbons (Fsp3) is 0.571. The van der Waals surface area contributed by atoms with Gasteiger partial charge >= 0.3 is 0 Å². The zero-order valence-electron chi connectivity index (χ0n) is 11.9. The molecule has 1 aromatic rings. The van der Waals surface area contributed by atoms with Gasteiger partial charge in [-0.3, -0.25) is 0 Å². The Kier molecular flexibility index (Phi) is 4.78. The van der Waals surface area contributed by atoms with Crippen LogP contribution in [-0.4, -0.2) is 32.4 Å². The van der Waals surface area contributed by atoms with Crippen molar-refractivity contribution >= 4 is 10.0 Å². The van der Waals surface area contributed by atoms with E-state index in [1.165, 1.54) is 23.5 Å². The van der Waals surface area contributed by atoms with Crippen molar-refractivity contribution in [1.82, 2.24) is 9.62 Å². The van der Waals surface area contributed by atoms with Crippen LogP contribution >= 0.6 is 0 Å². The third kappa shape index (κ3) is 3.37. The van der Waals surface area contributed by atoms with Gasteiger partial charge in [0.05, 0.1) is 0 Å². The molecule has 1 fully saturated rings. The quantitative estimate of drug-likeness (QED) is 0.785. The van der Waals surface area contributed by atoms with Gasteiger partial charge in [-0.05, 0) is 43.5 Å². The van der Waals surface area contributed by atoms with Crippen LogP contribution in [0.15, 0.2) is 23.1 Å². The predicted molar refractivity (Wildman–Crippen MR) is 76.4 cm³/mol. The minimum absolute atomic E-state index is 0.0290. The van der Waals surface area contributed by atoms with E-state index in [4.69, 9.17) is 0 Å². The minimum Gasteiger partial charge on any atom is -0.313 e. The Bertz CT molecular complexity index is 571. The van der Waals surface area contributed by atoms with Gasteiger partial charge in [-0.15, -0.1) is 0 Å². The van der Waals surface area contributed by atoms with E-state index in [1.54, 1.807) is 6.07 Å². The lowest BCUT2D eigenvalue weighted by Gasteiger charge is -2.17. The molecule has 1 aromatic carbocycles. The molecule has 1 aliphatic rings. The molecule has 0 bridgehead atoms. The first kappa shape index (κ1) is 15.4. The van der Waals surface area contributed by atoms with Crippen LogP contribution in [0.4, 0.5) is 4.39 Å². The fourth-order valence-corrected chi connectivity index (χ4v) is 3.58. The molecular weight excluding hydrogens is 279 g/mol. The van der Waals surface area contributed by atoms with Crippen LogP contribution in [0.3, 0.4) is 0 Å². The molecule has 0 heterocycles. The summed E-state index contributed by atoms with van der Waals surface area (Å²) in [6.07, 6.45) is 2.71. The molecule has 1 N–H and O–H groups in total. The van der Waals surface area contributed by atoms with E-state index in [0.29, 0.717) is 6.54 Å². The van der Waals surface area contributed by atoms with Crippen LogP contribution < -0.4 is 5.32 Å². The van der Waals surface area contributed by atoms with Gasteiger partial charge in [-0.25, -0.2) is 12.8 Å². The molecule has 20 heavy (non-hydrogen) atoms. The second-order valence-corrected chi connectivity index (χ2v) is 7.16. The van der Waals surface area contributed by atoms with Crippen molar-refractivity contribution < 1.29 is 12.8 Å². The van der Waals surface area contributed by atoms with Gasteiger partial charge in [0.25, 0.3) is 0 Å². The zero-order valence-corrected chi connectivity index (χ0v) is 12.7. The maximum atomic E-state index is 13.9. The second kappa shape index (κ2) is 6.20. The van der Waals surface area contributed by atoms with Crippen molar-refractivity contribution in [3.63, 3.8) is 0 Å². The third-order valence-corrected chi connectivity index (χ3v) is 5.39. The van der Waals surface area contributed by atoms with Gasteiger partial charge in [0.15, 0.2) is 0 Å². The third-order valence-electron chi connectivity index (χ3n) is 3.47.